The van der Waals surface area contributed by atoms with Gasteiger partial charge in [-0.05, 0) is 55.2 Å². The van der Waals surface area contributed by atoms with Crippen molar-refractivity contribution in [3.05, 3.63) is 65.3 Å². The Morgan fingerprint density at radius 2 is 1.83 bits per heavy atom. The summed E-state index contributed by atoms with van der Waals surface area (Å²) < 4.78 is 13.8. The number of nitrogens with zero attached hydrogens (tertiary/aromatic N) is 1. The number of hydrogen-bond acceptors (Lipinski definition) is 4. The first-order chi connectivity index (χ1) is 14.1. The van der Waals surface area contributed by atoms with Crippen molar-refractivity contribution in [3.8, 4) is 11.3 Å². The quantitative estimate of drug-likeness (QED) is 0.491. The highest BCUT2D eigenvalue weighted by Gasteiger charge is 2.24. The molecule has 0 unspecified atom stereocenters. The largest absolute Gasteiger partial charge is 0.481 e. The van der Waals surface area contributed by atoms with Crippen molar-refractivity contribution >= 4 is 28.1 Å². The van der Waals surface area contributed by atoms with E-state index in [2.05, 4.69) is 34.6 Å². The predicted molar refractivity (Wildman–Crippen MR) is 114 cm³/mol. The van der Waals surface area contributed by atoms with E-state index in [1.165, 1.54) is 23.0 Å². The van der Waals surface area contributed by atoms with Crippen LogP contribution in [0.1, 0.15) is 43.6 Å². The Bertz CT molecular complexity index is 979. The third-order valence-electron chi connectivity index (χ3n) is 5.61. The Kier molecular flexibility index (Phi) is 5.90. The number of nitrogens with one attached hydrogen (secondary N) is 1. The Balaban J connectivity index is 1.39. The van der Waals surface area contributed by atoms with E-state index in [9.17, 15) is 9.18 Å². The maximum atomic E-state index is 13.8. The number of aliphatic carboxylic acids is 1. The molecular formula is C23H23FN2O2S. The maximum Gasteiger partial charge on any atom is 0.303 e. The highest BCUT2D eigenvalue weighted by Crippen LogP contribution is 2.38. The van der Waals surface area contributed by atoms with Gasteiger partial charge in [-0.2, -0.15) is 0 Å². The van der Waals surface area contributed by atoms with Gasteiger partial charge in [0.25, 0.3) is 0 Å². The molecule has 0 spiro atoms. The number of anilines is 2. The topological polar surface area (TPSA) is 62.2 Å². The lowest BCUT2D eigenvalue weighted by atomic mass is 9.77. The van der Waals surface area contributed by atoms with Crippen LogP contribution >= 0.6 is 11.3 Å². The lowest BCUT2D eigenvalue weighted by Crippen LogP contribution is -2.16. The third kappa shape index (κ3) is 4.82. The van der Waals surface area contributed by atoms with E-state index in [-0.39, 0.29) is 5.82 Å². The molecule has 4 rings (SSSR count). The van der Waals surface area contributed by atoms with Crippen LogP contribution in [0.15, 0.2) is 53.9 Å². The van der Waals surface area contributed by atoms with Gasteiger partial charge in [0.2, 0.25) is 0 Å². The van der Waals surface area contributed by atoms with Crippen LogP contribution in [0.5, 0.6) is 0 Å². The van der Waals surface area contributed by atoms with Crippen LogP contribution in [0.3, 0.4) is 0 Å². The van der Waals surface area contributed by atoms with Crippen molar-refractivity contribution in [2.24, 2.45) is 5.92 Å². The zero-order valence-electron chi connectivity index (χ0n) is 16.0. The van der Waals surface area contributed by atoms with E-state index >= 15 is 0 Å². The second-order valence-corrected chi connectivity index (χ2v) is 8.44. The number of hydrogen-bond donors (Lipinski definition) is 2. The number of aromatic nitrogens is 1. The molecule has 6 heteroatoms. The summed E-state index contributed by atoms with van der Waals surface area (Å²) in [4.78, 5) is 15.5. The van der Waals surface area contributed by atoms with Crippen molar-refractivity contribution in [2.75, 3.05) is 5.32 Å². The number of carboxylic acid groups (broad SMARTS) is 1. The van der Waals surface area contributed by atoms with Crippen LogP contribution in [0.2, 0.25) is 0 Å². The van der Waals surface area contributed by atoms with E-state index in [0.29, 0.717) is 29.1 Å². The average Bonchev–Trinajstić information content (AvgIpc) is 3.19. The summed E-state index contributed by atoms with van der Waals surface area (Å²) >= 11 is 1.45. The number of carboxylic acids is 1. The molecule has 0 bridgehead atoms. The third-order valence-corrected chi connectivity index (χ3v) is 6.37. The van der Waals surface area contributed by atoms with Crippen LogP contribution in [0.25, 0.3) is 11.3 Å². The number of halogens is 1. The molecular weight excluding hydrogens is 387 g/mol. The Morgan fingerprint density at radius 1 is 1.10 bits per heavy atom. The minimum absolute atomic E-state index is 0.290. The molecule has 1 aromatic heterocycles. The number of para-hydroxylation sites is 1. The van der Waals surface area contributed by atoms with E-state index in [1.807, 2.05) is 5.38 Å². The lowest BCUT2D eigenvalue weighted by Gasteiger charge is -2.28. The van der Waals surface area contributed by atoms with Crippen LogP contribution in [0, 0.1) is 11.7 Å². The molecule has 0 atom stereocenters. The highest BCUT2D eigenvalue weighted by molar-refractivity contribution is 7.14. The summed E-state index contributed by atoms with van der Waals surface area (Å²) in [5, 5.41) is 14.6. The molecule has 150 valence electrons. The number of rotatable bonds is 6. The van der Waals surface area contributed by atoms with E-state index in [1.54, 1.807) is 18.2 Å². The smallest absolute Gasteiger partial charge is 0.303 e. The molecule has 3 aromatic rings. The monoisotopic (exact) mass is 410 g/mol. The molecule has 1 heterocycles. The van der Waals surface area contributed by atoms with Crippen molar-refractivity contribution < 1.29 is 14.3 Å². The van der Waals surface area contributed by atoms with Gasteiger partial charge >= 0.3 is 5.97 Å². The first-order valence-electron chi connectivity index (χ1n) is 9.87. The second kappa shape index (κ2) is 8.74. The van der Waals surface area contributed by atoms with E-state index < -0.39 is 5.97 Å². The Morgan fingerprint density at radius 3 is 2.52 bits per heavy atom. The molecule has 4 nitrogen and oxygen atoms in total. The summed E-state index contributed by atoms with van der Waals surface area (Å²) in [6.07, 6.45) is 4.35. The lowest BCUT2D eigenvalue weighted by molar-refractivity contribution is -0.138. The fraction of sp³-hybridized carbons (Fsp3) is 0.304. The van der Waals surface area contributed by atoms with Gasteiger partial charge in [0.1, 0.15) is 5.82 Å². The summed E-state index contributed by atoms with van der Waals surface area (Å²) in [5.74, 6) is -0.169. The first-order valence-corrected chi connectivity index (χ1v) is 10.8. The van der Waals surface area contributed by atoms with Crippen molar-refractivity contribution in [2.45, 2.75) is 38.0 Å². The SMILES string of the molecule is O=C(O)CC1CCC(c2ccc(-c3csc(Nc4ccccc4F)n3)cc2)CC1. The van der Waals surface area contributed by atoms with Crippen LogP contribution in [0.4, 0.5) is 15.2 Å². The van der Waals surface area contributed by atoms with Crippen LogP contribution < -0.4 is 5.32 Å². The second-order valence-electron chi connectivity index (χ2n) is 7.58. The summed E-state index contributed by atoms with van der Waals surface area (Å²) in [5.41, 5.74) is 3.63. The Labute approximate surface area is 173 Å². The van der Waals surface area contributed by atoms with Crippen LogP contribution in [-0.2, 0) is 4.79 Å². The van der Waals surface area contributed by atoms with Crippen molar-refractivity contribution in [1.29, 1.82) is 0 Å². The number of benzene rings is 2. The minimum atomic E-state index is -0.690. The molecule has 2 N–H and O–H groups in total. The normalized spacial score (nSPS) is 19.1. The molecule has 0 radical (unpaired) electrons. The zero-order chi connectivity index (χ0) is 20.2. The summed E-state index contributed by atoms with van der Waals surface area (Å²) in [6, 6.07) is 15.0. The van der Waals surface area contributed by atoms with Gasteiger partial charge in [-0.3, -0.25) is 4.79 Å². The molecule has 0 amide bonds. The van der Waals surface area contributed by atoms with Gasteiger partial charge in [-0.1, -0.05) is 36.4 Å². The molecule has 1 fully saturated rings. The van der Waals surface area contributed by atoms with Gasteiger partial charge in [0.05, 0.1) is 11.4 Å². The van der Waals surface area contributed by atoms with Gasteiger partial charge in [0.15, 0.2) is 5.13 Å². The molecule has 1 aliphatic rings. The fourth-order valence-electron chi connectivity index (χ4n) is 4.01. The van der Waals surface area contributed by atoms with Gasteiger partial charge in [-0.15, -0.1) is 11.3 Å². The van der Waals surface area contributed by atoms with Gasteiger partial charge < -0.3 is 10.4 Å². The maximum absolute atomic E-state index is 13.8. The average molecular weight is 411 g/mol. The number of carbonyl (C=O) groups is 1. The minimum Gasteiger partial charge on any atom is -0.481 e. The van der Waals surface area contributed by atoms with Crippen molar-refractivity contribution in [1.82, 2.24) is 4.98 Å². The van der Waals surface area contributed by atoms with Crippen LogP contribution in [-0.4, -0.2) is 16.1 Å². The number of thiazole rings is 1. The van der Waals surface area contributed by atoms with Gasteiger partial charge in [0, 0.05) is 17.4 Å². The van der Waals surface area contributed by atoms with E-state index in [4.69, 9.17) is 5.11 Å². The summed E-state index contributed by atoms with van der Waals surface area (Å²) in [6.45, 7) is 0. The molecule has 1 aliphatic carbocycles. The first kappa shape index (κ1) is 19.6. The molecule has 1 saturated carbocycles. The summed E-state index contributed by atoms with van der Waals surface area (Å²) in [7, 11) is 0. The van der Waals surface area contributed by atoms with Crippen molar-refractivity contribution in [3.63, 3.8) is 0 Å². The molecule has 2 aromatic carbocycles. The molecule has 0 saturated heterocycles. The van der Waals surface area contributed by atoms with E-state index in [0.717, 1.165) is 36.9 Å². The Hall–Kier alpha value is -2.73. The zero-order valence-corrected chi connectivity index (χ0v) is 16.8. The predicted octanol–water partition coefficient (Wildman–Crippen LogP) is 6.44. The highest BCUT2D eigenvalue weighted by atomic mass is 32.1. The standard InChI is InChI=1S/C23H23FN2O2S/c24-19-3-1-2-4-20(19)25-23-26-21(14-29-23)18-11-9-17(10-12-18)16-7-5-15(6-8-16)13-22(27)28/h1-4,9-12,14-16H,5-8,13H2,(H,25,26)(H,27,28). The fourth-order valence-corrected chi connectivity index (χ4v) is 4.75. The molecule has 0 aliphatic heterocycles. The molecule has 29 heavy (non-hydrogen) atoms. The van der Waals surface area contributed by atoms with Gasteiger partial charge in [-0.25, -0.2) is 9.37 Å².